The van der Waals surface area contributed by atoms with Crippen LogP contribution >= 0.6 is 0 Å². The Morgan fingerprint density at radius 3 is 2.45 bits per heavy atom. The molecule has 0 saturated carbocycles. The van der Waals surface area contributed by atoms with Gasteiger partial charge in [0.1, 0.15) is 23.4 Å². The zero-order chi connectivity index (χ0) is 26.8. The molecule has 0 spiro atoms. The van der Waals surface area contributed by atoms with Gasteiger partial charge in [-0.25, -0.2) is 18.2 Å². The van der Waals surface area contributed by atoms with Crippen molar-refractivity contribution in [1.29, 1.82) is 0 Å². The maximum Gasteiger partial charge on any atom is 0.287 e. The van der Waals surface area contributed by atoms with Crippen LogP contribution in [0.25, 0.3) is 27.8 Å². The Morgan fingerprint density at radius 1 is 1.08 bits per heavy atom. The number of imidazole rings is 1. The second-order valence-electron chi connectivity index (χ2n) is 8.94. The first-order chi connectivity index (χ1) is 18.4. The van der Waals surface area contributed by atoms with Crippen molar-refractivity contribution >= 4 is 16.9 Å². The number of fused-ring (bicyclic) bond motifs is 1. The van der Waals surface area contributed by atoms with E-state index in [1.807, 2.05) is 29.1 Å². The number of amides is 1. The van der Waals surface area contributed by atoms with Crippen LogP contribution < -0.4 is 20.1 Å². The highest BCUT2D eigenvalue weighted by molar-refractivity contribution is 6.00. The second-order valence-corrected chi connectivity index (χ2v) is 8.94. The van der Waals surface area contributed by atoms with Gasteiger partial charge in [-0.3, -0.25) is 14.0 Å². The molecule has 4 aromatic rings. The Balaban J connectivity index is 1.46. The molecule has 0 bridgehead atoms. The van der Waals surface area contributed by atoms with E-state index < -0.39 is 18.6 Å². The summed E-state index contributed by atoms with van der Waals surface area (Å²) in [5.41, 5.74) is 3.84. The molecule has 1 atom stereocenters. The van der Waals surface area contributed by atoms with Crippen LogP contribution in [0.3, 0.4) is 0 Å². The molecule has 0 radical (unpaired) electrons. The van der Waals surface area contributed by atoms with Gasteiger partial charge < -0.3 is 20.1 Å². The van der Waals surface area contributed by atoms with Crippen molar-refractivity contribution < 1.29 is 27.4 Å². The van der Waals surface area contributed by atoms with Crippen molar-refractivity contribution in [2.75, 3.05) is 27.3 Å². The van der Waals surface area contributed by atoms with Gasteiger partial charge in [0, 0.05) is 23.9 Å². The molecule has 1 aliphatic heterocycles. The maximum absolute atomic E-state index is 13.5. The second kappa shape index (κ2) is 10.7. The minimum atomic E-state index is -3.36. The summed E-state index contributed by atoms with van der Waals surface area (Å²) in [6.45, 7) is 1.97. The van der Waals surface area contributed by atoms with Crippen molar-refractivity contribution in [3.05, 3.63) is 54.6 Å². The van der Waals surface area contributed by atoms with Gasteiger partial charge in [0.15, 0.2) is 0 Å². The van der Waals surface area contributed by atoms with E-state index in [9.17, 15) is 18.0 Å². The Bertz CT molecular complexity index is 1420. The number of rotatable bonds is 8. The molecule has 200 valence electrons. The molecule has 1 fully saturated rings. The van der Waals surface area contributed by atoms with E-state index in [0.717, 1.165) is 48.1 Å². The monoisotopic (exact) mass is 528 g/mol. The summed E-state index contributed by atoms with van der Waals surface area (Å²) < 4.78 is 53.2. The quantitative estimate of drug-likeness (QED) is 0.334. The van der Waals surface area contributed by atoms with Gasteiger partial charge in [-0.1, -0.05) is 6.07 Å². The molecule has 0 aliphatic carbocycles. The molecule has 1 amide bonds. The van der Waals surface area contributed by atoms with Gasteiger partial charge in [-0.05, 0) is 43.6 Å². The van der Waals surface area contributed by atoms with Crippen LogP contribution in [0.15, 0.2) is 49.1 Å². The first kappa shape index (κ1) is 25.6. The standard InChI is InChI=1S/C26H27F3N6O3/c1-37-21-10-18(11-22(38-2)23(21)26(36)33-25(29)24(27)28)34-14-31-19-9-15(3-4-20(19)34)16-12-32-35(13-16)17-5-7-30-8-6-17/h3-4,9-14,17,24-25,30H,5-8H2,1-2H3,(H,33,36). The fraction of sp³-hybridized carbons (Fsp3) is 0.346. The molecule has 3 heterocycles. The zero-order valence-electron chi connectivity index (χ0n) is 20.8. The molecule has 2 N–H and O–H groups in total. The zero-order valence-corrected chi connectivity index (χ0v) is 20.8. The maximum atomic E-state index is 13.5. The van der Waals surface area contributed by atoms with Gasteiger partial charge in [-0.15, -0.1) is 0 Å². The minimum Gasteiger partial charge on any atom is -0.496 e. The number of hydrogen-bond donors (Lipinski definition) is 2. The Labute approximate surface area is 216 Å². The molecule has 1 aliphatic rings. The fourth-order valence-electron chi connectivity index (χ4n) is 4.68. The molecular weight excluding hydrogens is 501 g/mol. The number of carbonyl (C=O) groups is 1. The molecule has 12 heteroatoms. The van der Waals surface area contributed by atoms with Gasteiger partial charge in [0.05, 0.1) is 43.2 Å². The third kappa shape index (κ3) is 4.91. The molecule has 1 saturated heterocycles. The molecule has 9 nitrogen and oxygen atoms in total. The van der Waals surface area contributed by atoms with E-state index in [1.54, 1.807) is 16.2 Å². The van der Waals surface area contributed by atoms with Gasteiger partial charge in [0.25, 0.3) is 12.3 Å². The first-order valence-corrected chi connectivity index (χ1v) is 12.1. The van der Waals surface area contributed by atoms with Crippen molar-refractivity contribution in [3.63, 3.8) is 0 Å². The molecule has 1 unspecified atom stereocenters. The van der Waals surface area contributed by atoms with Crippen LogP contribution in [0.1, 0.15) is 29.2 Å². The lowest BCUT2D eigenvalue weighted by Crippen LogP contribution is -2.36. The topological polar surface area (TPSA) is 95.2 Å². The van der Waals surface area contributed by atoms with E-state index in [-0.39, 0.29) is 17.1 Å². The predicted molar refractivity (Wildman–Crippen MR) is 135 cm³/mol. The number of alkyl halides is 3. The van der Waals surface area contributed by atoms with Crippen LogP contribution in [-0.4, -0.2) is 65.3 Å². The average Bonchev–Trinajstić information content (AvgIpc) is 3.60. The normalized spacial score (nSPS) is 15.1. The summed E-state index contributed by atoms with van der Waals surface area (Å²) >= 11 is 0. The van der Waals surface area contributed by atoms with Crippen molar-refractivity contribution in [1.82, 2.24) is 30.0 Å². The highest BCUT2D eigenvalue weighted by atomic mass is 19.3. The van der Waals surface area contributed by atoms with E-state index >= 15 is 0 Å². The Hall–Kier alpha value is -4.06. The smallest absolute Gasteiger partial charge is 0.287 e. The van der Waals surface area contributed by atoms with E-state index in [2.05, 4.69) is 21.6 Å². The number of nitrogens with zero attached hydrogens (tertiary/aromatic N) is 4. The number of benzene rings is 2. The van der Waals surface area contributed by atoms with Crippen LogP contribution in [0.2, 0.25) is 0 Å². The van der Waals surface area contributed by atoms with Gasteiger partial charge in [0.2, 0.25) is 6.30 Å². The summed E-state index contributed by atoms with van der Waals surface area (Å²) in [5.74, 6) is -1.02. The van der Waals surface area contributed by atoms with Crippen molar-refractivity contribution in [2.45, 2.75) is 31.6 Å². The number of nitrogens with one attached hydrogen (secondary N) is 2. The minimum absolute atomic E-state index is 0.0297. The van der Waals surface area contributed by atoms with Crippen LogP contribution in [0.5, 0.6) is 11.5 Å². The highest BCUT2D eigenvalue weighted by Crippen LogP contribution is 2.34. The van der Waals surface area contributed by atoms with Gasteiger partial charge in [-0.2, -0.15) is 5.10 Å². The van der Waals surface area contributed by atoms with Crippen LogP contribution in [-0.2, 0) is 0 Å². The SMILES string of the molecule is COc1cc(-n2cnc3cc(-c4cnn(C5CCNCC5)c4)ccc32)cc(OC)c1C(=O)NC(F)C(F)F. The van der Waals surface area contributed by atoms with Crippen LogP contribution in [0.4, 0.5) is 13.2 Å². The summed E-state index contributed by atoms with van der Waals surface area (Å²) in [7, 11) is 2.63. The molecule has 38 heavy (non-hydrogen) atoms. The van der Waals surface area contributed by atoms with E-state index in [1.165, 1.54) is 26.4 Å². The third-order valence-corrected chi connectivity index (χ3v) is 6.65. The lowest BCUT2D eigenvalue weighted by molar-refractivity contribution is 0.0285. The van der Waals surface area contributed by atoms with E-state index in [4.69, 9.17) is 9.47 Å². The number of piperidine rings is 1. The number of ether oxygens (including phenoxy) is 2. The van der Waals surface area contributed by atoms with Gasteiger partial charge >= 0.3 is 0 Å². The van der Waals surface area contributed by atoms with E-state index in [0.29, 0.717) is 11.7 Å². The number of aromatic nitrogens is 4. The summed E-state index contributed by atoms with van der Waals surface area (Å²) in [4.78, 5) is 17.1. The fourth-order valence-corrected chi connectivity index (χ4v) is 4.68. The Morgan fingerprint density at radius 2 is 1.79 bits per heavy atom. The largest absolute Gasteiger partial charge is 0.496 e. The molecule has 2 aromatic carbocycles. The average molecular weight is 529 g/mol. The summed E-state index contributed by atoms with van der Waals surface area (Å²) in [6.07, 6.45) is 1.43. The molecule has 5 rings (SSSR count). The predicted octanol–water partition coefficient (Wildman–Crippen LogP) is 4.12. The number of carbonyl (C=O) groups excluding carboxylic acids is 1. The summed E-state index contributed by atoms with van der Waals surface area (Å²) in [5, 5.41) is 9.57. The van der Waals surface area contributed by atoms with Crippen molar-refractivity contribution in [2.24, 2.45) is 0 Å². The lowest BCUT2D eigenvalue weighted by atomic mass is 10.1. The summed E-state index contributed by atoms with van der Waals surface area (Å²) in [6, 6.07) is 9.32. The molecular formula is C26H27F3N6O3. The number of methoxy groups -OCH3 is 2. The Kier molecular flexibility index (Phi) is 7.23. The molecule has 2 aromatic heterocycles. The highest BCUT2D eigenvalue weighted by Gasteiger charge is 2.27. The van der Waals surface area contributed by atoms with Crippen LogP contribution in [0, 0.1) is 0 Å². The first-order valence-electron chi connectivity index (χ1n) is 12.1. The number of halogens is 3. The third-order valence-electron chi connectivity index (χ3n) is 6.65. The lowest BCUT2D eigenvalue weighted by Gasteiger charge is -2.22. The number of hydrogen-bond acceptors (Lipinski definition) is 6. The van der Waals surface area contributed by atoms with Crippen molar-refractivity contribution in [3.8, 4) is 28.3 Å².